The monoisotopic (exact) mass is 418 g/mol. The number of hydrogen-bond acceptors (Lipinski definition) is 3. The first-order chi connectivity index (χ1) is 14.5. The molecule has 2 heterocycles. The predicted molar refractivity (Wildman–Crippen MR) is 119 cm³/mol. The highest BCUT2D eigenvalue weighted by Gasteiger charge is 2.17. The van der Waals surface area contributed by atoms with Gasteiger partial charge in [-0.1, -0.05) is 35.9 Å². The Bertz CT molecular complexity index is 1230. The Morgan fingerprint density at radius 3 is 2.43 bits per heavy atom. The van der Waals surface area contributed by atoms with Gasteiger partial charge in [0.2, 0.25) is 11.8 Å². The lowest BCUT2D eigenvalue weighted by Gasteiger charge is -2.09. The summed E-state index contributed by atoms with van der Waals surface area (Å²) in [5, 5.41) is 6.24. The van der Waals surface area contributed by atoms with Gasteiger partial charge in [0.25, 0.3) is 0 Å². The van der Waals surface area contributed by atoms with Crippen LogP contribution in [0.15, 0.2) is 72.9 Å². The fourth-order valence-electron chi connectivity index (χ4n) is 3.29. The molecule has 0 atom stereocenters. The summed E-state index contributed by atoms with van der Waals surface area (Å²) in [5.74, 6) is -0.354. The minimum Gasteiger partial charge on any atom is -0.326 e. The number of benzene rings is 2. The molecule has 30 heavy (non-hydrogen) atoms. The van der Waals surface area contributed by atoms with Crippen LogP contribution in [0.5, 0.6) is 0 Å². The second kappa shape index (κ2) is 8.39. The molecule has 0 aliphatic carbocycles. The van der Waals surface area contributed by atoms with Crippen molar-refractivity contribution in [2.24, 2.45) is 0 Å². The number of hydrogen-bond donors (Lipinski definition) is 2. The van der Waals surface area contributed by atoms with Gasteiger partial charge in [-0.25, -0.2) is 4.98 Å². The summed E-state index contributed by atoms with van der Waals surface area (Å²) in [7, 11) is 0. The number of fused-ring (bicyclic) bond motifs is 1. The summed E-state index contributed by atoms with van der Waals surface area (Å²) in [6.45, 7) is 1.44. The van der Waals surface area contributed by atoms with E-state index in [2.05, 4.69) is 10.6 Å². The first-order valence-corrected chi connectivity index (χ1v) is 9.77. The zero-order valence-electron chi connectivity index (χ0n) is 16.2. The van der Waals surface area contributed by atoms with E-state index in [1.165, 1.54) is 6.92 Å². The van der Waals surface area contributed by atoms with Gasteiger partial charge < -0.3 is 15.0 Å². The van der Waals surface area contributed by atoms with Gasteiger partial charge in [0.15, 0.2) is 0 Å². The Morgan fingerprint density at radius 1 is 0.967 bits per heavy atom. The summed E-state index contributed by atoms with van der Waals surface area (Å²) < 4.78 is 1.91. The maximum atomic E-state index is 12.8. The van der Waals surface area contributed by atoms with E-state index in [0.29, 0.717) is 16.4 Å². The molecule has 4 aromatic rings. The van der Waals surface area contributed by atoms with Crippen LogP contribution in [0.4, 0.5) is 11.4 Å². The standard InChI is InChI=1S/C23H19ClN4O2/c1-15(29)25-18-5-4-6-19(13-18)26-22(30)14-20-23(16-8-10-17(24)11-9-16)27-21-7-2-3-12-28(20)21/h2-13H,14H2,1H3,(H,25,29)(H,26,30). The lowest BCUT2D eigenvalue weighted by atomic mass is 10.1. The van der Waals surface area contributed by atoms with Crippen LogP contribution in [-0.4, -0.2) is 21.2 Å². The van der Waals surface area contributed by atoms with Crippen molar-refractivity contribution in [2.75, 3.05) is 10.6 Å². The fourth-order valence-corrected chi connectivity index (χ4v) is 3.42. The number of carbonyl (C=O) groups excluding carboxylic acids is 2. The molecule has 7 heteroatoms. The Morgan fingerprint density at radius 2 is 1.70 bits per heavy atom. The van der Waals surface area contributed by atoms with Crippen molar-refractivity contribution in [1.29, 1.82) is 0 Å². The van der Waals surface area contributed by atoms with E-state index < -0.39 is 0 Å². The van der Waals surface area contributed by atoms with Gasteiger partial charge in [0.05, 0.1) is 17.8 Å². The van der Waals surface area contributed by atoms with Crippen molar-refractivity contribution in [3.05, 3.63) is 83.6 Å². The van der Waals surface area contributed by atoms with Gasteiger partial charge in [0, 0.05) is 35.1 Å². The van der Waals surface area contributed by atoms with Gasteiger partial charge in [-0.2, -0.15) is 0 Å². The van der Waals surface area contributed by atoms with Gasteiger partial charge >= 0.3 is 0 Å². The van der Waals surface area contributed by atoms with Crippen molar-refractivity contribution in [3.63, 3.8) is 0 Å². The molecular formula is C23H19ClN4O2. The number of aromatic nitrogens is 2. The highest BCUT2D eigenvalue weighted by molar-refractivity contribution is 6.30. The first kappa shape index (κ1) is 19.7. The van der Waals surface area contributed by atoms with Crippen molar-refractivity contribution in [2.45, 2.75) is 13.3 Å². The topological polar surface area (TPSA) is 75.5 Å². The van der Waals surface area contributed by atoms with Crippen LogP contribution in [0.3, 0.4) is 0 Å². The molecule has 2 amide bonds. The predicted octanol–water partition coefficient (Wildman–Crippen LogP) is 4.79. The minimum absolute atomic E-state index is 0.132. The Labute approximate surface area is 178 Å². The van der Waals surface area contributed by atoms with Crippen LogP contribution < -0.4 is 10.6 Å². The van der Waals surface area contributed by atoms with Crippen molar-refractivity contribution >= 4 is 40.4 Å². The third kappa shape index (κ3) is 4.34. The second-order valence-electron chi connectivity index (χ2n) is 6.83. The molecule has 4 rings (SSSR count). The van der Waals surface area contributed by atoms with Gasteiger partial charge in [-0.3, -0.25) is 9.59 Å². The molecule has 0 unspecified atom stereocenters. The maximum Gasteiger partial charge on any atom is 0.230 e. The van der Waals surface area contributed by atoms with E-state index in [0.717, 1.165) is 22.6 Å². The number of pyridine rings is 1. The van der Waals surface area contributed by atoms with Crippen LogP contribution >= 0.6 is 11.6 Å². The molecule has 2 aromatic carbocycles. The quantitative estimate of drug-likeness (QED) is 0.489. The molecule has 0 saturated carbocycles. The van der Waals surface area contributed by atoms with Crippen molar-refractivity contribution in [1.82, 2.24) is 9.38 Å². The summed E-state index contributed by atoms with van der Waals surface area (Å²) >= 11 is 6.02. The van der Waals surface area contributed by atoms with Gasteiger partial charge in [0.1, 0.15) is 5.65 Å². The molecule has 0 saturated heterocycles. The maximum absolute atomic E-state index is 12.8. The average Bonchev–Trinajstić information content (AvgIpc) is 3.07. The normalized spacial score (nSPS) is 10.7. The molecular weight excluding hydrogens is 400 g/mol. The Hall–Kier alpha value is -3.64. The summed E-state index contributed by atoms with van der Waals surface area (Å²) in [6, 6.07) is 20.1. The number of nitrogens with zero attached hydrogens (tertiary/aromatic N) is 2. The number of halogens is 1. The lowest BCUT2D eigenvalue weighted by molar-refractivity contribution is -0.116. The molecule has 2 N–H and O–H groups in total. The molecule has 0 spiro atoms. The third-order valence-electron chi connectivity index (χ3n) is 4.54. The first-order valence-electron chi connectivity index (χ1n) is 9.39. The van der Waals surface area contributed by atoms with Crippen LogP contribution in [0.25, 0.3) is 16.9 Å². The highest BCUT2D eigenvalue weighted by Crippen LogP contribution is 2.26. The number of amides is 2. The minimum atomic E-state index is -0.184. The highest BCUT2D eigenvalue weighted by atomic mass is 35.5. The fraction of sp³-hybridized carbons (Fsp3) is 0.0870. The number of anilines is 2. The van der Waals surface area contributed by atoms with E-state index in [9.17, 15) is 9.59 Å². The van der Waals surface area contributed by atoms with E-state index >= 15 is 0 Å². The lowest BCUT2D eigenvalue weighted by Crippen LogP contribution is -2.16. The summed E-state index contributed by atoms with van der Waals surface area (Å²) in [4.78, 5) is 28.8. The SMILES string of the molecule is CC(=O)Nc1cccc(NC(=O)Cc2c(-c3ccc(Cl)cc3)nc3ccccn23)c1. The van der Waals surface area contributed by atoms with Gasteiger partial charge in [-0.15, -0.1) is 0 Å². The van der Waals surface area contributed by atoms with Crippen molar-refractivity contribution < 1.29 is 9.59 Å². The largest absolute Gasteiger partial charge is 0.326 e. The van der Waals surface area contributed by atoms with Crippen molar-refractivity contribution in [3.8, 4) is 11.3 Å². The average molecular weight is 419 g/mol. The van der Waals surface area contributed by atoms with E-state index in [1.807, 2.05) is 40.9 Å². The van der Waals surface area contributed by atoms with Crippen LogP contribution in [0.1, 0.15) is 12.6 Å². The molecule has 150 valence electrons. The number of imidazole rings is 1. The van der Waals surface area contributed by atoms with Gasteiger partial charge in [-0.05, 0) is 42.5 Å². The molecule has 2 aromatic heterocycles. The second-order valence-corrected chi connectivity index (χ2v) is 7.27. The molecule has 6 nitrogen and oxygen atoms in total. The zero-order chi connectivity index (χ0) is 21.1. The molecule has 0 aliphatic rings. The van der Waals surface area contributed by atoms with Crippen LogP contribution in [0.2, 0.25) is 5.02 Å². The number of rotatable bonds is 5. The van der Waals surface area contributed by atoms with Crippen LogP contribution in [-0.2, 0) is 16.0 Å². The molecule has 0 fully saturated rings. The smallest absolute Gasteiger partial charge is 0.230 e. The van der Waals surface area contributed by atoms with Crippen LogP contribution in [0, 0.1) is 0 Å². The third-order valence-corrected chi connectivity index (χ3v) is 4.79. The van der Waals surface area contributed by atoms with E-state index in [1.54, 1.807) is 36.4 Å². The Kier molecular flexibility index (Phi) is 5.50. The zero-order valence-corrected chi connectivity index (χ0v) is 17.0. The molecule has 0 aliphatic heterocycles. The number of nitrogens with one attached hydrogen (secondary N) is 2. The van der Waals surface area contributed by atoms with E-state index in [4.69, 9.17) is 16.6 Å². The summed E-state index contributed by atoms with van der Waals surface area (Å²) in [6.07, 6.45) is 2.02. The molecule has 0 radical (unpaired) electrons. The number of carbonyl (C=O) groups is 2. The Balaban J connectivity index is 1.63. The summed E-state index contributed by atoms with van der Waals surface area (Å²) in [5.41, 5.74) is 4.39. The van der Waals surface area contributed by atoms with E-state index in [-0.39, 0.29) is 18.2 Å². The molecule has 0 bridgehead atoms.